The molecule has 3 saturated carbocycles. The molecule has 0 unspecified atom stereocenters. The maximum absolute atomic E-state index is 10.7. The molecule has 0 heterocycles. The normalized spacial score (nSPS) is 35.5. The van der Waals surface area contributed by atoms with E-state index in [0.717, 1.165) is 11.5 Å². The summed E-state index contributed by atoms with van der Waals surface area (Å²) in [6, 6.07) is 0. The van der Waals surface area contributed by atoms with E-state index in [2.05, 4.69) is 99.4 Å². The molecule has 0 aliphatic heterocycles. The maximum atomic E-state index is 10.7. The summed E-state index contributed by atoms with van der Waals surface area (Å²) >= 11 is 0. The maximum Gasteiger partial charge on any atom is 0.192 e. The van der Waals surface area contributed by atoms with Gasteiger partial charge in [-0.3, -0.25) is 0 Å². The lowest BCUT2D eigenvalue weighted by Crippen LogP contribution is -2.46. The fraction of sp³-hybridized carbons (Fsp3) is 0.765. The zero-order valence-electron chi connectivity index (χ0n) is 25.9. The third kappa shape index (κ3) is 6.82. The van der Waals surface area contributed by atoms with Crippen LogP contribution in [-0.2, 0) is 4.43 Å². The lowest BCUT2D eigenvalue weighted by molar-refractivity contribution is 0.0907. The minimum atomic E-state index is -1.94. The van der Waals surface area contributed by atoms with E-state index in [0.29, 0.717) is 41.9 Å². The van der Waals surface area contributed by atoms with Gasteiger partial charge in [0.25, 0.3) is 0 Å². The summed E-state index contributed by atoms with van der Waals surface area (Å²) in [5.74, 6) is 3.42. The van der Waals surface area contributed by atoms with Crippen LogP contribution in [0.25, 0.3) is 0 Å². The van der Waals surface area contributed by atoms with Gasteiger partial charge in [0.2, 0.25) is 0 Å². The lowest BCUT2D eigenvalue weighted by atomic mass is 9.61. The van der Waals surface area contributed by atoms with E-state index in [9.17, 15) is 5.11 Å². The standard InChI is InChI=1S/C34H58O2Si/c1-23(2)24(3)14-15-25(4)30-18-19-31-27(13-12-20-34(30,31)9)16-17-28-21-29(35)22-32(26(28)5)36-37(10,11)33(6,7)8/h14-17,23-25,29-32,35H,5,12-13,18-22H2,1-4,6-11H3/b15-14+,27-16+,28-17-/t24-,25+,29+,30+,31-,32-,34+/m0/s1. The van der Waals surface area contributed by atoms with E-state index in [4.69, 9.17) is 4.43 Å². The Kier molecular flexibility index (Phi) is 9.67. The highest BCUT2D eigenvalue weighted by molar-refractivity contribution is 6.74. The molecule has 3 fully saturated rings. The second-order valence-corrected chi connectivity index (χ2v) is 19.6. The SMILES string of the molecule is C=C1/C(=C\C=C2/CCC[C@]3(C)[C@@H]([C@H](C)/C=C/[C@H](C)C(C)C)CC[C@@H]23)C[C@@H](O)C[C@@H]1O[Si](C)(C)C(C)(C)C. The van der Waals surface area contributed by atoms with Crippen LogP contribution in [0.4, 0.5) is 0 Å². The predicted octanol–water partition coefficient (Wildman–Crippen LogP) is 9.64. The van der Waals surface area contributed by atoms with Crippen LogP contribution >= 0.6 is 0 Å². The van der Waals surface area contributed by atoms with E-state index in [1.165, 1.54) is 37.7 Å². The van der Waals surface area contributed by atoms with Crippen LogP contribution in [0, 0.1) is 35.0 Å². The van der Waals surface area contributed by atoms with Crippen molar-refractivity contribution in [3.8, 4) is 0 Å². The number of hydrogen-bond donors (Lipinski definition) is 1. The topological polar surface area (TPSA) is 29.5 Å². The molecule has 0 aromatic rings. The minimum Gasteiger partial charge on any atom is -0.410 e. The molecule has 1 N–H and O–H groups in total. The Morgan fingerprint density at radius 3 is 2.38 bits per heavy atom. The minimum absolute atomic E-state index is 0.0670. The zero-order chi connectivity index (χ0) is 27.8. The van der Waals surface area contributed by atoms with Crippen LogP contribution in [0.5, 0.6) is 0 Å². The highest BCUT2D eigenvalue weighted by atomic mass is 28.4. The Morgan fingerprint density at radius 2 is 1.76 bits per heavy atom. The van der Waals surface area contributed by atoms with Gasteiger partial charge in [-0.05, 0) is 103 Å². The third-order valence-corrected chi connectivity index (χ3v) is 15.4. The molecule has 0 bridgehead atoms. The lowest BCUT2D eigenvalue weighted by Gasteiger charge is -2.44. The number of fused-ring (bicyclic) bond motifs is 1. The fourth-order valence-corrected chi connectivity index (χ4v) is 8.25. The summed E-state index contributed by atoms with van der Waals surface area (Å²) < 4.78 is 6.74. The number of aliphatic hydroxyl groups excluding tert-OH is 1. The molecule has 0 spiro atoms. The zero-order valence-corrected chi connectivity index (χ0v) is 26.9. The number of allylic oxidation sites excluding steroid dienone is 5. The third-order valence-electron chi connectivity index (χ3n) is 10.9. The molecule has 7 atom stereocenters. The van der Waals surface area contributed by atoms with Crippen molar-refractivity contribution < 1.29 is 9.53 Å². The Morgan fingerprint density at radius 1 is 1.08 bits per heavy atom. The van der Waals surface area contributed by atoms with Gasteiger partial charge in [0.15, 0.2) is 8.32 Å². The van der Waals surface area contributed by atoms with Crippen LogP contribution in [0.15, 0.2) is 47.6 Å². The van der Waals surface area contributed by atoms with Crippen LogP contribution < -0.4 is 0 Å². The summed E-state index contributed by atoms with van der Waals surface area (Å²) in [5, 5.41) is 10.9. The Bertz CT molecular complexity index is 901. The van der Waals surface area contributed by atoms with Crippen molar-refractivity contribution in [3.63, 3.8) is 0 Å². The molecule has 0 aromatic carbocycles. The highest BCUT2D eigenvalue weighted by Crippen LogP contribution is 2.59. The summed E-state index contributed by atoms with van der Waals surface area (Å²) in [6.45, 7) is 27.9. The smallest absolute Gasteiger partial charge is 0.192 e. The molecule has 37 heavy (non-hydrogen) atoms. The van der Waals surface area contributed by atoms with Crippen LogP contribution in [0.2, 0.25) is 18.1 Å². The van der Waals surface area contributed by atoms with Crippen molar-refractivity contribution in [2.24, 2.45) is 35.0 Å². The molecule has 0 radical (unpaired) electrons. The van der Waals surface area contributed by atoms with Gasteiger partial charge in [0, 0.05) is 6.42 Å². The van der Waals surface area contributed by atoms with Gasteiger partial charge < -0.3 is 9.53 Å². The van der Waals surface area contributed by atoms with Gasteiger partial charge in [-0.15, -0.1) is 0 Å². The van der Waals surface area contributed by atoms with Crippen molar-refractivity contribution in [2.45, 2.75) is 131 Å². The molecule has 3 rings (SSSR count). The van der Waals surface area contributed by atoms with Crippen molar-refractivity contribution >= 4 is 8.32 Å². The summed E-state index contributed by atoms with van der Waals surface area (Å²) in [5.41, 5.74) is 4.30. The highest BCUT2D eigenvalue weighted by Gasteiger charge is 2.50. The average molecular weight is 527 g/mol. The first-order chi connectivity index (χ1) is 17.1. The number of rotatable bonds is 7. The molecule has 3 aliphatic rings. The molecule has 210 valence electrons. The van der Waals surface area contributed by atoms with E-state index in [-0.39, 0.29) is 17.2 Å². The van der Waals surface area contributed by atoms with Crippen LogP contribution in [-0.4, -0.2) is 25.6 Å². The number of hydrogen-bond acceptors (Lipinski definition) is 2. The molecular weight excluding hydrogens is 468 g/mol. The molecule has 3 aliphatic carbocycles. The van der Waals surface area contributed by atoms with Gasteiger partial charge in [-0.25, -0.2) is 0 Å². The second kappa shape index (κ2) is 11.7. The van der Waals surface area contributed by atoms with Crippen molar-refractivity contribution in [1.29, 1.82) is 0 Å². The monoisotopic (exact) mass is 526 g/mol. The van der Waals surface area contributed by atoms with E-state index in [1.54, 1.807) is 5.57 Å². The average Bonchev–Trinajstić information content (AvgIpc) is 3.14. The first-order valence-electron chi connectivity index (χ1n) is 15.2. The summed E-state index contributed by atoms with van der Waals surface area (Å²) in [6.07, 6.45) is 17.2. The molecule has 0 amide bonds. The molecule has 2 nitrogen and oxygen atoms in total. The predicted molar refractivity (Wildman–Crippen MR) is 163 cm³/mol. The molecular formula is C34H58O2Si. The van der Waals surface area contributed by atoms with E-state index >= 15 is 0 Å². The fourth-order valence-electron chi connectivity index (χ4n) is 6.95. The van der Waals surface area contributed by atoms with Crippen LogP contribution in [0.1, 0.15) is 100 Å². The molecule has 0 saturated heterocycles. The van der Waals surface area contributed by atoms with Gasteiger partial charge in [-0.1, -0.05) is 91.8 Å². The quantitative estimate of drug-likeness (QED) is 0.264. The van der Waals surface area contributed by atoms with Crippen LogP contribution in [0.3, 0.4) is 0 Å². The first kappa shape index (κ1) is 30.6. The first-order valence-corrected chi connectivity index (χ1v) is 18.1. The number of aliphatic hydroxyl groups is 1. The summed E-state index contributed by atoms with van der Waals surface area (Å²) in [7, 11) is -1.94. The van der Waals surface area contributed by atoms with Gasteiger partial charge in [-0.2, -0.15) is 0 Å². The van der Waals surface area contributed by atoms with Crippen molar-refractivity contribution in [2.75, 3.05) is 0 Å². The van der Waals surface area contributed by atoms with E-state index in [1.807, 2.05) is 0 Å². The van der Waals surface area contributed by atoms with Gasteiger partial charge in [0.05, 0.1) is 12.2 Å². The molecule has 3 heteroatoms. The van der Waals surface area contributed by atoms with Gasteiger partial charge >= 0.3 is 0 Å². The van der Waals surface area contributed by atoms with Crippen molar-refractivity contribution in [1.82, 2.24) is 0 Å². The summed E-state index contributed by atoms with van der Waals surface area (Å²) in [4.78, 5) is 0. The second-order valence-electron chi connectivity index (χ2n) is 14.9. The Balaban J connectivity index is 1.78. The van der Waals surface area contributed by atoms with Gasteiger partial charge in [0.1, 0.15) is 0 Å². The largest absolute Gasteiger partial charge is 0.410 e. The molecule has 0 aromatic heterocycles. The van der Waals surface area contributed by atoms with Crippen molar-refractivity contribution in [3.05, 3.63) is 47.6 Å². The van der Waals surface area contributed by atoms with E-state index < -0.39 is 8.32 Å². The Hall–Kier alpha value is -0.903. The Labute approximate surface area is 230 Å².